The molecule has 0 bridgehead atoms. The molecule has 3 N–H and O–H groups in total. The Bertz CT molecular complexity index is 1350. The Hall–Kier alpha value is -3.76. The van der Waals surface area contributed by atoms with Crippen LogP contribution >= 0.6 is 0 Å². The molecule has 0 saturated heterocycles. The molecule has 2 amide bonds. The van der Waals surface area contributed by atoms with E-state index in [0.29, 0.717) is 23.1 Å². The lowest BCUT2D eigenvalue weighted by Gasteiger charge is -2.17. The van der Waals surface area contributed by atoms with Crippen LogP contribution in [0.25, 0.3) is 10.8 Å². The molecule has 9 nitrogen and oxygen atoms in total. The van der Waals surface area contributed by atoms with Gasteiger partial charge in [-0.15, -0.1) is 0 Å². The number of hydrogen-bond acceptors (Lipinski definition) is 6. The van der Waals surface area contributed by atoms with Crippen molar-refractivity contribution in [3.05, 3.63) is 71.8 Å². The molecule has 0 saturated carbocycles. The molecular formula is C24H24N2O7S. The van der Waals surface area contributed by atoms with Crippen LogP contribution in [0.4, 0.5) is 0 Å². The molecule has 10 heteroatoms. The zero-order valence-electron chi connectivity index (χ0n) is 18.6. The number of ether oxygens (including phenoxy) is 1. The van der Waals surface area contributed by atoms with Gasteiger partial charge in [-0.05, 0) is 53.1 Å². The van der Waals surface area contributed by atoms with Crippen LogP contribution in [0.3, 0.4) is 0 Å². The molecule has 0 aromatic heterocycles. The van der Waals surface area contributed by atoms with Gasteiger partial charge >= 0.3 is 5.97 Å². The number of carbonyl (C=O) groups is 3. The van der Waals surface area contributed by atoms with E-state index in [2.05, 4.69) is 10.0 Å². The molecule has 3 aromatic carbocycles. The smallest absolute Gasteiger partial charge is 0.305 e. The molecule has 1 atom stereocenters. The number of fused-ring (bicyclic) bond motifs is 1. The fourth-order valence-electron chi connectivity index (χ4n) is 3.43. The zero-order valence-corrected chi connectivity index (χ0v) is 19.4. The van der Waals surface area contributed by atoms with Crippen molar-refractivity contribution in [3.63, 3.8) is 0 Å². The van der Waals surface area contributed by atoms with Crippen LogP contribution < -0.4 is 14.8 Å². The number of amides is 2. The van der Waals surface area contributed by atoms with Crippen molar-refractivity contribution in [3.8, 4) is 5.75 Å². The average Bonchev–Trinajstić information content (AvgIpc) is 2.82. The third kappa shape index (κ3) is 5.77. The fraction of sp³-hybridized carbons (Fsp3) is 0.208. The van der Waals surface area contributed by atoms with Crippen LogP contribution in [0.2, 0.25) is 0 Å². The molecule has 0 fully saturated rings. The second kappa shape index (κ2) is 10.4. The highest BCUT2D eigenvalue weighted by molar-refractivity contribution is 7.89. The van der Waals surface area contributed by atoms with Crippen LogP contribution in [-0.4, -0.2) is 44.5 Å². The van der Waals surface area contributed by atoms with Crippen molar-refractivity contribution >= 4 is 38.6 Å². The molecule has 34 heavy (non-hydrogen) atoms. The quantitative estimate of drug-likeness (QED) is 0.424. The van der Waals surface area contributed by atoms with E-state index in [1.165, 1.54) is 25.3 Å². The van der Waals surface area contributed by atoms with Gasteiger partial charge in [0.25, 0.3) is 5.91 Å². The Labute approximate surface area is 196 Å². The van der Waals surface area contributed by atoms with Gasteiger partial charge in [-0.3, -0.25) is 19.7 Å². The van der Waals surface area contributed by atoms with Gasteiger partial charge in [0, 0.05) is 5.56 Å². The SMILES string of the molecule is CCc1ccccc1C(=O)NC(=O)[C@H](CC(=O)O)NS(=O)(=O)c1ccc2cc(OC)ccc2c1. The van der Waals surface area contributed by atoms with E-state index in [9.17, 15) is 27.9 Å². The van der Waals surface area contributed by atoms with Gasteiger partial charge in [0.1, 0.15) is 11.8 Å². The Balaban J connectivity index is 1.84. The van der Waals surface area contributed by atoms with Gasteiger partial charge in [0.2, 0.25) is 15.9 Å². The number of carboxylic acids is 1. The first-order valence-corrected chi connectivity index (χ1v) is 11.9. The normalized spacial score (nSPS) is 12.2. The largest absolute Gasteiger partial charge is 0.497 e. The van der Waals surface area contributed by atoms with E-state index in [1.54, 1.807) is 42.5 Å². The number of methoxy groups -OCH3 is 1. The number of carboxylic acid groups (broad SMARTS) is 1. The maximum absolute atomic E-state index is 13.0. The number of imide groups is 1. The summed E-state index contributed by atoms with van der Waals surface area (Å²) in [5, 5.41) is 12.7. The van der Waals surface area contributed by atoms with Crippen LogP contribution in [0, 0.1) is 0 Å². The Morgan fingerprint density at radius 2 is 1.68 bits per heavy atom. The number of nitrogens with one attached hydrogen (secondary N) is 2. The van der Waals surface area contributed by atoms with Crippen molar-refractivity contribution in [2.75, 3.05) is 7.11 Å². The summed E-state index contributed by atoms with van der Waals surface area (Å²) in [6.07, 6.45) is -0.310. The zero-order chi connectivity index (χ0) is 24.9. The Kier molecular flexibility index (Phi) is 7.64. The summed E-state index contributed by atoms with van der Waals surface area (Å²) in [5.74, 6) is -2.60. The van der Waals surface area contributed by atoms with Crippen LogP contribution in [-0.2, 0) is 26.0 Å². The molecule has 178 valence electrons. The maximum Gasteiger partial charge on any atom is 0.305 e. The summed E-state index contributed by atoms with van der Waals surface area (Å²) in [5.41, 5.74) is 0.941. The van der Waals surface area contributed by atoms with Crippen molar-refractivity contribution in [1.82, 2.24) is 10.0 Å². The second-order valence-electron chi connectivity index (χ2n) is 7.48. The first-order chi connectivity index (χ1) is 16.1. The molecule has 0 radical (unpaired) electrons. The number of rotatable bonds is 9. The van der Waals surface area contributed by atoms with Gasteiger partial charge < -0.3 is 9.84 Å². The minimum Gasteiger partial charge on any atom is -0.497 e. The molecule has 3 rings (SSSR count). The number of carbonyl (C=O) groups excluding carboxylic acids is 2. The van der Waals surface area contributed by atoms with Gasteiger partial charge in [0.15, 0.2) is 0 Å². The lowest BCUT2D eigenvalue weighted by molar-refractivity contribution is -0.139. The van der Waals surface area contributed by atoms with Crippen LogP contribution in [0.1, 0.15) is 29.3 Å². The molecular weight excluding hydrogens is 460 g/mol. The van der Waals surface area contributed by atoms with E-state index >= 15 is 0 Å². The Morgan fingerprint density at radius 1 is 1.00 bits per heavy atom. The molecule has 3 aromatic rings. The van der Waals surface area contributed by atoms with E-state index in [-0.39, 0.29) is 10.5 Å². The molecule has 0 aliphatic rings. The number of benzene rings is 3. The van der Waals surface area contributed by atoms with E-state index in [1.807, 2.05) is 6.92 Å². The van der Waals surface area contributed by atoms with Gasteiger partial charge in [-0.2, -0.15) is 4.72 Å². The van der Waals surface area contributed by atoms with Crippen LogP contribution in [0.15, 0.2) is 65.6 Å². The van der Waals surface area contributed by atoms with Crippen LogP contribution in [0.5, 0.6) is 5.75 Å². The molecule has 0 aliphatic carbocycles. The molecule has 0 aliphatic heterocycles. The number of aryl methyl sites for hydroxylation is 1. The topological polar surface area (TPSA) is 139 Å². The van der Waals surface area contributed by atoms with Crippen molar-refractivity contribution in [2.45, 2.75) is 30.7 Å². The summed E-state index contributed by atoms with van der Waals surface area (Å²) in [6, 6.07) is 14.3. The second-order valence-corrected chi connectivity index (χ2v) is 9.19. The predicted molar refractivity (Wildman–Crippen MR) is 125 cm³/mol. The molecule has 0 spiro atoms. The Morgan fingerprint density at radius 3 is 2.35 bits per heavy atom. The number of aliphatic carboxylic acids is 1. The summed E-state index contributed by atoms with van der Waals surface area (Å²) < 4.78 is 33.2. The average molecular weight is 485 g/mol. The monoisotopic (exact) mass is 484 g/mol. The minimum absolute atomic E-state index is 0.156. The van der Waals surface area contributed by atoms with Crippen molar-refractivity contribution in [1.29, 1.82) is 0 Å². The lowest BCUT2D eigenvalue weighted by atomic mass is 10.0. The minimum atomic E-state index is -4.29. The summed E-state index contributed by atoms with van der Waals surface area (Å²) in [6.45, 7) is 1.84. The predicted octanol–water partition coefficient (Wildman–Crippen LogP) is 2.49. The third-order valence-corrected chi connectivity index (χ3v) is 6.67. The summed E-state index contributed by atoms with van der Waals surface area (Å²) >= 11 is 0. The first kappa shape index (κ1) is 24.9. The highest BCUT2D eigenvalue weighted by atomic mass is 32.2. The highest BCUT2D eigenvalue weighted by Crippen LogP contribution is 2.24. The standard InChI is InChI=1S/C24H24N2O7S/c1-3-15-6-4-5-7-20(15)23(29)25-24(30)21(14-22(27)28)26-34(31,32)19-11-9-16-12-18(33-2)10-8-17(16)13-19/h4-13,21,26H,3,14H2,1-2H3,(H,27,28)(H,25,29,30)/t21-/m0/s1. The van der Waals surface area contributed by atoms with E-state index in [4.69, 9.17) is 4.74 Å². The van der Waals surface area contributed by atoms with Crippen molar-refractivity contribution in [2.24, 2.45) is 0 Å². The first-order valence-electron chi connectivity index (χ1n) is 10.4. The number of hydrogen-bond donors (Lipinski definition) is 3. The van der Waals surface area contributed by atoms with E-state index < -0.39 is 40.3 Å². The highest BCUT2D eigenvalue weighted by Gasteiger charge is 2.29. The van der Waals surface area contributed by atoms with Gasteiger partial charge in [-0.25, -0.2) is 8.42 Å². The van der Waals surface area contributed by atoms with E-state index in [0.717, 1.165) is 5.39 Å². The summed E-state index contributed by atoms with van der Waals surface area (Å²) in [7, 11) is -2.77. The lowest BCUT2D eigenvalue weighted by Crippen LogP contribution is -2.49. The number of sulfonamides is 1. The fourth-order valence-corrected chi connectivity index (χ4v) is 4.66. The third-order valence-electron chi connectivity index (χ3n) is 5.20. The molecule has 0 unspecified atom stereocenters. The summed E-state index contributed by atoms with van der Waals surface area (Å²) in [4.78, 5) is 36.5. The van der Waals surface area contributed by atoms with Gasteiger partial charge in [-0.1, -0.05) is 37.3 Å². The van der Waals surface area contributed by atoms with Gasteiger partial charge in [0.05, 0.1) is 18.4 Å². The maximum atomic E-state index is 13.0. The molecule has 0 heterocycles. The van der Waals surface area contributed by atoms with Crippen molar-refractivity contribution < 1.29 is 32.6 Å².